The Labute approximate surface area is 93.9 Å². The molecule has 0 aliphatic rings. The number of hydrogen-bond donors (Lipinski definition) is 1. The van der Waals surface area contributed by atoms with Crippen LogP contribution in [0.1, 0.15) is 18.5 Å². The number of benzene rings is 1. The van der Waals surface area contributed by atoms with Crippen molar-refractivity contribution in [1.82, 2.24) is 9.78 Å². The molecular weight excluding hydrogens is 205 g/mol. The Bertz CT molecular complexity index is 461. The van der Waals surface area contributed by atoms with E-state index in [4.69, 9.17) is 0 Å². The predicted molar refractivity (Wildman–Crippen MR) is 61.6 cm³/mol. The lowest BCUT2D eigenvalue weighted by Gasteiger charge is -2.15. The van der Waals surface area contributed by atoms with Crippen molar-refractivity contribution in [2.45, 2.75) is 13.0 Å². The molecule has 3 nitrogen and oxygen atoms in total. The SMILES string of the molecule is CC(Nc1ccnn1C)c1ccc(F)cc1. The van der Waals surface area contributed by atoms with E-state index < -0.39 is 0 Å². The summed E-state index contributed by atoms with van der Waals surface area (Å²) in [4.78, 5) is 0. The normalized spacial score (nSPS) is 12.4. The number of anilines is 1. The molecule has 0 aliphatic carbocycles. The maximum absolute atomic E-state index is 12.8. The molecule has 2 rings (SSSR count). The van der Waals surface area contributed by atoms with E-state index >= 15 is 0 Å². The first-order valence-corrected chi connectivity index (χ1v) is 5.17. The Kier molecular flexibility index (Phi) is 2.90. The molecule has 0 saturated carbocycles. The summed E-state index contributed by atoms with van der Waals surface area (Å²) in [5.41, 5.74) is 1.04. The quantitative estimate of drug-likeness (QED) is 0.860. The summed E-state index contributed by atoms with van der Waals surface area (Å²) in [5.74, 6) is 0.730. The lowest BCUT2D eigenvalue weighted by atomic mass is 10.1. The molecule has 0 bridgehead atoms. The fraction of sp³-hybridized carbons (Fsp3) is 0.250. The number of rotatable bonds is 3. The third kappa shape index (κ3) is 2.21. The largest absolute Gasteiger partial charge is 0.364 e. The van der Waals surface area contributed by atoms with Crippen LogP contribution in [0.2, 0.25) is 0 Å². The Morgan fingerprint density at radius 2 is 1.94 bits per heavy atom. The Hall–Kier alpha value is -1.84. The van der Waals surface area contributed by atoms with Crippen LogP contribution >= 0.6 is 0 Å². The van der Waals surface area contributed by atoms with Crippen molar-refractivity contribution in [1.29, 1.82) is 0 Å². The van der Waals surface area contributed by atoms with Gasteiger partial charge in [0.15, 0.2) is 0 Å². The Balaban J connectivity index is 2.11. The Morgan fingerprint density at radius 1 is 1.25 bits per heavy atom. The lowest BCUT2D eigenvalue weighted by molar-refractivity contribution is 0.626. The van der Waals surface area contributed by atoms with E-state index in [0.29, 0.717) is 0 Å². The third-order valence-corrected chi connectivity index (χ3v) is 2.56. The Morgan fingerprint density at radius 3 is 2.50 bits per heavy atom. The molecule has 0 amide bonds. The second-order valence-corrected chi connectivity index (χ2v) is 3.76. The summed E-state index contributed by atoms with van der Waals surface area (Å²) in [7, 11) is 1.87. The molecule has 1 N–H and O–H groups in total. The molecule has 1 atom stereocenters. The van der Waals surface area contributed by atoms with Crippen LogP contribution in [0.4, 0.5) is 10.2 Å². The summed E-state index contributed by atoms with van der Waals surface area (Å²) in [6.45, 7) is 2.03. The first kappa shape index (κ1) is 10.7. The number of nitrogens with one attached hydrogen (secondary N) is 1. The summed E-state index contributed by atoms with van der Waals surface area (Å²) in [6, 6.07) is 8.52. The van der Waals surface area contributed by atoms with E-state index in [2.05, 4.69) is 10.4 Å². The molecule has 0 fully saturated rings. The highest BCUT2D eigenvalue weighted by atomic mass is 19.1. The highest BCUT2D eigenvalue weighted by Gasteiger charge is 2.07. The number of halogens is 1. The summed E-state index contributed by atoms with van der Waals surface area (Å²) >= 11 is 0. The second-order valence-electron chi connectivity index (χ2n) is 3.76. The fourth-order valence-electron chi connectivity index (χ4n) is 1.57. The average Bonchev–Trinajstić information content (AvgIpc) is 2.65. The van der Waals surface area contributed by atoms with Crippen LogP contribution in [0, 0.1) is 5.82 Å². The zero-order valence-corrected chi connectivity index (χ0v) is 9.31. The molecule has 0 radical (unpaired) electrons. The van der Waals surface area contributed by atoms with E-state index in [-0.39, 0.29) is 11.9 Å². The summed E-state index contributed by atoms with van der Waals surface area (Å²) in [6.07, 6.45) is 1.74. The van der Waals surface area contributed by atoms with Crippen molar-refractivity contribution in [2.24, 2.45) is 7.05 Å². The fourth-order valence-corrected chi connectivity index (χ4v) is 1.57. The van der Waals surface area contributed by atoms with Crippen LogP contribution in [-0.4, -0.2) is 9.78 Å². The van der Waals surface area contributed by atoms with Gasteiger partial charge in [0.2, 0.25) is 0 Å². The van der Waals surface area contributed by atoms with Crippen molar-refractivity contribution in [3.05, 3.63) is 47.9 Å². The van der Waals surface area contributed by atoms with Gasteiger partial charge < -0.3 is 5.32 Å². The van der Waals surface area contributed by atoms with Gasteiger partial charge in [0.25, 0.3) is 0 Å². The minimum atomic E-state index is -0.212. The van der Waals surface area contributed by atoms with E-state index in [1.807, 2.05) is 20.0 Å². The van der Waals surface area contributed by atoms with Crippen molar-refractivity contribution in [2.75, 3.05) is 5.32 Å². The molecule has 0 saturated heterocycles. The molecule has 16 heavy (non-hydrogen) atoms. The maximum atomic E-state index is 12.8. The highest BCUT2D eigenvalue weighted by Crippen LogP contribution is 2.18. The van der Waals surface area contributed by atoms with Crippen molar-refractivity contribution >= 4 is 5.82 Å². The van der Waals surface area contributed by atoms with Gasteiger partial charge in [-0.15, -0.1) is 0 Å². The van der Waals surface area contributed by atoms with Crippen LogP contribution in [0.25, 0.3) is 0 Å². The van der Waals surface area contributed by atoms with E-state index in [1.165, 1.54) is 12.1 Å². The van der Waals surface area contributed by atoms with Crippen LogP contribution < -0.4 is 5.32 Å². The zero-order valence-electron chi connectivity index (χ0n) is 9.31. The van der Waals surface area contributed by atoms with E-state index in [9.17, 15) is 4.39 Å². The van der Waals surface area contributed by atoms with Gasteiger partial charge in [-0.05, 0) is 24.6 Å². The second kappa shape index (κ2) is 4.35. The number of aryl methyl sites for hydroxylation is 1. The first-order chi connectivity index (χ1) is 7.66. The van der Waals surface area contributed by atoms with Gasteiger partial charge >= 0.3 is 0 Å². The van der Waals surface area contributed by atoms with Crippen molar-refractivity contribution in [3.8, 4) is 0 Å². The molecular formula is C12H14FN3. The van der Waals surface area contributed by atoms with Crippen LogP contribution in [-0.2, 0) is 7.05 Å². The van der Waals surface area contributed by atoms with Gasteiger partial charge in [-0.25, -0.2) is 4.39 Å². The molecule has 84 valence electrons. The molecule has 0 spiro atoms. The molecule has 1 unspecified atom stereocenters. The molecule has 2 aromatic rings. The standard InChI is InChI=1S/C12H14FN3/c1-9(10-3-5-11(13)6-4-10)15-12-7-8-14-16(12)2/h3-9,15H,1-2H3. The number of aromatic nitrogens is 2. The molecule has 1 aromatic carbocycles. The topological polar surface area (TPSA) is 29.9 Å². The van der Waals surface area contributed by atoms with Crippen LogP contribution in [0.5, 0.6) is 0 Å². The smallest absolute Gasteiger partial charge is 0.124 e. The molecule has 4 heteroatoms. The van der Waals surface area contributed by atoms with Gasteiger partial charge in [-0.3, -0.25) is 4.68 Å². The third-order valence-electron chi connectivity index (χ3n) is 2.56. The van der Waals surface area contributed by atoms with E-state index in [0.717, 1.165) is 11.4 Å². The molecule has 1 aromatic heterocycles. The first-order valence-electron chi connectivity index (χ1n) is 5.17. The number of nitrogens with zero attached hydrogens (tertiary/aromatic N) is 2. The summed E-state index contributed by atoms with van der Waals surface area (Å²) < 4.78 is 14.5. The van der Waals surface area contributed by atoms with Gasteiger partial charge in [-0.2, -0.15) is 5.10 Å². The molecule has 1 heterocycles. The number of hydrogen-bond acceptors (Lipinski definition) is 2. The van der Waals surface area contributed by atoms with Crippen molar-refractivity contribution in [3.63, 3.8) is 0 Å². The van der Waals surface area contributed by atoms with Gasteiger partial charge in [0, 0.05) is 19.2 Å². The van der Waals surface area contributed by atoms with Crippen LogP contribution in [0.15, 0.2) is 36.5 Å². The molecule has 0 aliphatic heterocycles. The maximum Gasteiger partial charge on any atom is 0.124 e. The summed E-state index contributed by atoms with van der Waals surface area (Å²) in [5, 5.41) is 7.38. The van der Waals surface area contributed by atoms with Crippen molar-refractivity contribution < 1.29 is 4.39 Å². The van der Waals surface area contributed by atoms with Gasteiger partial charge in [0.1, 0.15) is 11.6 Å². The van der Waals surface area contributed by atoms with Gasteiger partial charge in [0.05, 0.1) is 6.20 Å². The predicted octanol–water partition coefficient (Wildman–Crippen LogP) is 2.73. The van der Waals surface area contributed by atoms with Gasteiger partial charge in [-0.1, -0.05) is 12.1 Å². The monoisotopic (exact) mass is 219 g/mol. The van der Waals surface area contributed by atoms with E-state index in [1.54, 1.807) is 23.0 Å². The zero-order chi connectivity index (χ0) is 11.5. The lowest BCUT2D eigenvalue weighted by Crippen LogP contribution is -2.09. The minimum Gasteiger partial charge on any atom is -0.364 e. The average molecular weight is 219 g/mol. The minimum absolute atomic E-state index is 0.121. The highest BCUT2D eigenvalue weighted by molar-refractivity contribution is 5.37. The van der Waals surface area contributed by atoms with Crippen LogP contribution in [0.3, 0.4) is 0 Å².